The van der Waals surface area contributed by atoms with Crippen LogP contribution in [0, 0.1) is 5.92 Å². The molecule has 0 aromatic heterocycles. The number of hydrogen-bond donors (Lipinski definition) is 2. The summed E-state index contributed by atoms with van der Waals surface area (Å²) in [6.45, 7) is 1.48. The number of benzene rings is 1. The lowest BCUT2D eigenvalue weighted by atomic mass is 9.86. The number of halogens is 2. The minimum absolute atomic E-state index is 0.0503. The predicted molar refractivity (Wildman–Crippen MR) is 94.8 cm³/mol. The Kier molecular flexibility index (Phi) is 7.08. The second kappa shape index (κ2) is 9.06. The minimum Gasteiger partial charge on any atom is -0.452 e. The number of ether oxygens (including phenoxy) is 1. The maximum absolute atomic E-state index is 11.9. The third-order valence-electron chi connectivity index (χ3n) is 4.16. The van der Waals surface area contributed by atoms with Crippen molar-refractivity contribution in [2.24, 2.45) is 5.92 Å². The van der Waals surface area contributed by atoms with Gasteiger partial charge in [-0.25, -0.2) is 9.59 Å². The van der Waals surface area contributed by atoms with Crippen molar-refractivity contribution in [1.29, 1.82) is 0 Å². The molecule has 0 heterocycles. The molecule has 2 N–H and O–H groups in total. The van der Waals surface area contributed by atoms with Gasteiger partial charge in [-0.2, -0.15) is 0 Å². The number of nitrogens with one attached hydrogen (secondary N) is 2. The van der Waals surface area contributed by atoms with E-state index in [-0.39, 0.29) is 16.6 Å². The number of urea groups is 1. The Morgan fingerprint density at radius 2 is 1.92 bits per heavy atom. The van der Waals surface area contributed by atoms with Gasteiger partial charge in [-0.15, -0.1) is 0 Å². The summed E-state index contributed by atoms with van der Waals surface area (Å²) in [7, 11) is 0. The van der Waals surface area contributed by atoms with Gasteiger partial charge in [0, 0.05) is 11.1 Å². The Morgan fingerprint density at radius 1 is 1.20 bits per heavy atom. The number of amides is 3. The molecule has 136 valence electrons. The molecule has 0 unspecified atom stereocenters. The lowest BCUT2D eigenvalue weighted by Gasteiger charge is -2.29. The highest BCUT2D eigenvalue weighted by atomic mass is 35.5. The second-order valence-electron chi connectivity index (χ2n) is 6.09. The van der Waals surface area contributed by atoms with Crippen molar-refractivity contribution in [3.63, 3.8) is 0 Å². The SMILES string of the molecule is C[C@H]1CCCC[C@@H]1NC(=O)NC(=O)COC(=O)c1cc(Cl)ccc1Cl. The Morgan fingerprint density at radius 3 is 2.64 bits per heavy atom. The molecule has 1 saturated carbocycles. The summed E-state index contributed by atoms with van der Waals surface area (Å²) in [5.41, 5.74) is 0.0578. The highest BCUT2D eigenvalue weighted by Crippen LogP contribution is 2.23. The quantitative estimate of drug-likeness (QED) is 0.774. The molecule has 6 nitrogen and oxygen atoms in total. The Bertz CT molecular complexity index is 666. The third-order valence-corrected chi connectivity index (χ3v) is 4.73. The fourth-order valence-electron chi connectivity index (χ4n) is 2.76. The van der Waals surface area contributed by atoms with Gasteiger partial charge in [0.1, 0.15) is 0 Å². The zero-order chi connectivity index (χ0) is 18.4. The lowest BCUT2D eigenvalue weighted by molar-refractivity contribution is -0.123. The number of rotatable bonds is 4. The van der Waals surface area contributed by atoms with Gasteiger partial charge in [0.2, 0.25) is 0 Å². The van der Waals surface area contributed by atoms with Gasteiger partial charge in [0.15, 0.2) is 6.61 Å². The predicted octanol–water partition coefficient (Wildman–Crippen LogP) is 3.55. The van der Waals surface area contributed by atoms with Gasteiger partial charge < -0.3 is 10.1 Å². The summed E-state index contributed by atoms with van der Waals surface area (Å²) >= 11 is 11.7. The van der Waals surface area contributed by atoms with Gasteiger partial charge in [-0.1, -0.05) is 43.0 Å². The van der Waals surface area contributed by atoms with Crippen molar-refractivity contribution in [3.8, 4) is 0 Å². The van der Waals surface area contributed by atoms with Gasteiger partial charge in [0.25, 0.3) is 5.91 Å². The number of carbonyl (C=O) groups excluding carboxylic acids is 3. The molecule has 0 bridgehead atoms. The van der Waals surface area contributed by atoms with Crippen LogP contribution in [0.25, 0.3) is 0 Å². The molecule has 8 heteroatoms. The van der Waals surface area contributed by atoms with Crippen LogP contribution in [0.3, 0.4) is 0 Å². The van der Waals surface area contributed by atoms with Crippen molar-refractivity contribution in [3.05, 3.63) is 33.8 Å². The van der Waals surface area contributed by atoms with Crippen LogP contribution in [0.1, 0.15) is 43.0 Å². The van der Waals surface area contributed by atoms with E-state index in [4.69, 9.17) is 27.9 Å². The molecule has 1 aromatic rings. The van der Waals surface area contributed by atoms with Crippen molar-refractivity contribution in [1.82, 2.24) is 10.6 Å². The number of carbonyl (C=O) groups is 3. The zero-order valence-corrected chi connectivity index (χ0v) is 15.3. The second-order valence-corrected chi connectivity index (χ2v) is 6.93. The first-order valence-electron chi connectivity index (χ1n) is 8.09. The summed E-state index contributed by atoms with van der Waals surface area (Å²) in [5, 5.41) is 5.43. The van der Waals surface area contributed by atoms with Crippen molar-refractivity contribution >= 4 is 41.1 Å². The van der Waals surface area contributed by atoms with Crippen LogP contribution in [-0.2, 0) is 9.53 Å². The molecule has 0 aliphatic heterocycles. The smallest absolute Gasteiger partial charge is 0.340 e. The molecule has 0 spiro atoms. The molecule has 1 aliphatic rings. The average molecular weight is 387 g/mol. The third kappa shape index (κ3) is 5.90. The fourth-order valence-corrected chi connectivity index (χ4v) is 3.13. The molecule has 3 amide bonds. The van der Waals surface area contributed by atoms with E-state index < -0.39 is 24.5 Å². The molecule has 2 atom stereocenters. The number of imide groups is 1. The highest BCUT2D eigenvalue weighted by Gasteiger charge is 2.23. The molecule has 1 aliphatic carbocycles. The maximum Gasteiger partial charge on any atom is 0.340 e. The van der Waals surface area contributed by atoms with Gasteiger partial charge in [-0.05, 0) is 37.0 Å². The van der Waals surface area contributed by atoms with Crippen molar-refractivity contribution < 1.29 is 19.1 Å². The molecule has 0 radical (unpaired) electrons. The summed E-state index contributed by atoms with van der Waals surface area (Å²) in [6, 6.07) is 3.81. The summed E-state index contributed by atoms with van der Waals surface area (Å²) in [5.74, 6) is -1.13. The molecule has 1 aromatic carbocycles. The van der Waals surface area contributed by atoms with E-state index in [0.717, 1.165) is 25.7 Å². The first-order valence-corrected chi connectivity index (χ1v) is 8.85. The van der Waals surface area contributed by atoms with Gasteiger partial charge in [0.05, 0.1) is 10.6 Å². The summed E-state index contributed by atoms with van der Waals surface area (Å²) in [6.07, 6.45) is 4.16. The van der Waals surface area contributed by atoms with Crippen LogP contribution in [0.4, 0.5) is 4.79 Å². The first kappa shape index (κ1) is 19.5. The standard InChI is InChI=1S/C17H20Cl2N2O4/c1-10-4-2-3-5-14(10)20-17(24)21-15(22)9-25-16(23)12-8-11(18)6-7-13(12)19/h6-8,10,14H,2-5,9H2,1H3,(H2,20,21,22,24)/t10-,14-/m0/s1. The highest BCUT2D eigenvalue weighted by molar-refractivity contribution is 6.35. The van der Waals surface area contributed by atoms with E-state index in [1.807, 2.05) is 0 Å². The molecular weight excluding hydrogens is 367 g/mol. The van der Waals surface area contributed by atoms with Crippen molar-refractivity contribution in [2.45, 2.75) is 38.6 Å². The van der Waals surface area contributed by atoms with Crippen LogP contribution in [0.15, 0.2) is 18.2 Å². The van der Waals surface area contributed by atoms with Gasteiger partial charge >= 0.3 is 12.0 Å². The van der Waals surface area contributed by atoms with Crippen LogP contribution < -0.4 is 10.6 Å². The maximum atomic E-state index is 11.9. The Hall–Kier alpha value is -1.79. The fraction of sp³-hybridized carbons (Fsp3) is 0.471. The molecular formula is C17H20Cl2N2O4. The van der Waals surface area contributed by atoms with E-state index in [1.54, 1.807) is 0 Å². The Labute approximate surface area is 156 Å². The summed E-state index contributed by atoms with van der Waals surface area (Å²) in [4.78, 5) is 35.5. The largest absolute Gasteiger partial charge is 0.452 e. The monoisotopic (exact) mass is 386 g/mol. The zero-order valence-electron chi connectivity index (χ0n) is 13.8. The molecule has 0 saturated heterocycles. The van der Waals surface area contributed by atoms with Crippen LogP contribution in [-0.4, -0.2) is 30.6 Å². The molecule has 25 heavy (non-hydrogen) atoms. The van der Waals surface area contributed by atoms with Crippen LogP contribution in [0.2, 0.25) is 10.0 Å². The first-order chi connectivity index (χ1) is 11.9. The van der Waals surface area contributed by atoms with E-state index in [2.05, 4.69) is 17.6 Å². The summed E-state index contributed by atoms with van der Waals surface area (Å²) < 4.78 is 4.86. The minimum atomic E-state index is -0.788. The van der Waals surface area contributed by atoms with Crippen LogP contribution >= 0.6 is 23.2 Å². The van der Waals surface area contributed by atoms with E-state index in [0.29, 0.717) is 10.9 Å². The molecule has 1 fully saturated rings. The number of esters is 1. The van der Waals surface area contributed by atoms with E-state index in [1.165, 1.54) is 18.2 Å². The average Bonchev–Trinajstić information content (AvgIpc) is 2.57. The van der Waals surface area contributed by atoms with E-state index >= 15 is 0 Å². The van der Waals surface area contributed by atoms with E-state index in [9.17, 15) is 14.4 Å². The Balaban J connectivity index is 1.79. The molecule has 2 rings (SSSR count). The topological polar surface area (TPSA) is 84.5 Å². The number of hydrogen-bond acceptors (Lipinski definition) is 4. The van der Waals surface area contributed by atoms with Gasteiger partial charge in [-0.3, -0.25) is 10.1 Å². The van der Waals surface area contributed by atoms with Crippen LogP contribution in [0.5, 0.6) is 0 Å². The normalized spacial score (nSPS) is 19.8. The van der Waals surface area contributed by atoms with Crippen molar-refractivity contribution in [2.75, 3.05) is 6.61 Å². The lowest BCUT2D eigenvalue weighted by Crippen LogP contribution is -2.48.